The van der Waals surface area contributed by atoms with Crippen LogP contribution in [0.4, 0.5) is 0 Å². The minimum Gasteiger partial charge on any atom is -0.481 e. The Hall–Kier alpha value is -8.49. The van der Waals surface area contributed by atoms with Gasteiger partial charge in [0.2, 0.25) is 5.91 Å². The predicted octanol–water partition coefficient (Wildman–Crippen LogP) is 9.39. The zero-order valence-corrected chi connectivity index (χ0v) is 44.6. The van der Waals surface area contributed by atoms with Gasteiger partial charge in [0.1, 0.15) is 6.52 Å². The molecule has 0 saturated heterocycles. The molecule has 404 valence electrons. The molecular weight excluding hydrogens is 1110 g/mol. The van der Waals surface area contributed by atoms with Gasteiger partial charge in [0.05, 0.1) is 47.3 Å². The van der Waals surface area contributed by atoms with E-state index >= 15 is 0 Å². The number of nitrogens with zero attached hydrogens (tertiary/aromatic N) is 13. The summed E-state index contributed by atoms with van der Waals surface area (Å²) in [6.07, 6.45) is 12.0. The number of hydrazine groups is 1. The van der Waals surface area contributed by atoms with Crippen LogP contribution in [0.25, 0.3) is 38.4 Å². The first kappa shape index (κ1) is 61.4. The maximum Gasteiger partial charge on any atom is 0.307 e. The summed E-state index contributed by atoms with van der Waals surface area (Å²) in [5.41, 5.74) is 13.0. The Morgan fingerprint density at radius 2 is 0.987 bits per heavy atom. The van der Waals surface area contributed by atoms with Gasteiger partial charge in [-0.25, -0.2) is 0 Å². The average Bonchev–Trinajstić information content (AvgIpc) is 3.86. The first-order chi connectivity index (χ1) is 38.3. The van der Waals surface area contributed by atoms with Crippen molar-refractivity contribution in [2.24, 2.45) is 17.4 Å². The minimum absolute atomic E-state index is 0. The van der Waals surface area contributed by atoms with Gasteiger partial charge in [-0.05, 0) is 120 Å². The van der Waals surface area contributed by atoms with Gasteiger partial charge >= 0.3 is 5.97 Å². The van der Waals surface area contributed by atoms with Gasteiger partial charge in [-0.2, -0.15) is 19.8 Å². The first-order valence-electron chi connectivity index (χ1n) is 23.2. The van der Waals surface area contributed by atoms with E-state index in [9.17, 15) is 9.59 Å². The van der Waals surface area contributed by atoms with Crippen LogP contribution in [0.1, 0.15) is 42.7 Å². The summed E-state index contributed by atoms with van der Waals surface area (Å²) in [6.45, 7) is 0.738. The van der Waals surface area contributed by atoms with Gasteiger partial charge < -0.3 is 16.2 Å². The lowest BCUT2D eigenvalue weighted by Crippen LogP contribution is -2.25. The Morgan fingerprint density at radius 1 is 0.557 bits per heavy atom. The molecule has 20 nitrogen and oxygen atoms in total. The number of terminal acetylenes is 1. The summed E-state index contributed by atoms with van der Waals surface area (Å²) in [7, 11) is 0. The molecule has 0 atom stereocenters. The van der Waals surface area contributed by atoms with Crippen LogP contribution in [-0.2, 0) is 41.9 Å². The number of hydrogen-bond donors (Lipinski definition) is 5. The molecule has 8 heterocycles. The molecule has 79 heavy (non-hydrogen) atoms. The van der Waals surface area contributed by atoms with Crippen molar-refractivity contribution in [2.45, 2.75) is 39.8 Å². The molecule has 25 heteroatoms. The van der Waals surface area contributed by atoms with Crippen molar-refractivity contribution in [3.63, 3.8) is 0 Å². The highest BCUT2D eigenvalue weighted by Crippen LogP contribution is 2.18. The molecule has 0 bridgehead atoms. The summed E-state index contributed by atoms with van der Waals surface area (Å²) in [6, 6.07) is 42.5. The molecule has 0 aliphatic carbocycles. The monoisotopic (exact) mass is 1160 g/mol. The molecule has 0 saturated carbocycles. The van der Waals surface area contributed by atoms with Crippen LogP contribution in [0.3, 0.4) is 0 Å². The molecule has 0 aliphatic heterocycles. The Labute approximate surface area is 480 Å². The molecule has 8 N–H and O–H groups in total. The number of nitrogens with one attached hydrogen (secondary N) is 1. The number of carboxylic acid groups (broad SMARTS) is 1. The highest BCUT2D eigenvalue weighted by Gasteiger charge is 2.10. The highest BCUT2D eigenvalue weighted by atomic mass is 35.5. The molecule has 0 spiro atoms. The summed E-state index contributed by atoms with van der Waals surface area (Å²) in [4.78, 5) is 35.2. The average molecular weight is 1160 g/mol. The number of carbonyl (C=O) groups excluding carboxylic acids is 1. The fraction of sp³-hybridized carbons (Fsp3) is 0.111. The Kier molecular flexibility index (Phi) is 26.1. The van der Waals surface area contributed by atoms with Gasteiger partial charge in [-0.15, -0.1) is 43.4 Å². The fourth-order valence-electron chi connectivity index (χ4n) is 6.61. The number of aliphatic carboxylic acids is 1. The molecule has 3 aromatic carbocycles. The highest BCUT2D eigenvalue weighted by molar-refractivity contribution is 6.31. The van der Waals surface area contributed by atoms with E-state index in [1.807, 2.05) is 78.9 Å². The van der Waals surface area contributed by atoms with Crippen molar-refractivity contribution in [1.82, 2.24) is 70.7 Å². The molecule has 0 radical (unpaired) electrons. The SMILES string of the molecule is C.Clc1ccc(Cl)nn1.Clc1ccc2nnc(Cc3ccc4ncccc4c3)n2n1.NCc1ccc(Cl)nn1.NN.O=C(Cc1ccc2ncccc2c1)NCc1ccc(Cl)nn1.O=C(O)Cc1ccc2ncccc2c1.[2H]C#C. The molecule has 0 aliphatic rings. The lowest BCUT2D eigenvalue weighted by molar-refractivity contribution is -0.136. The summed E-state index contributed by atoms with van der Waals surface area (Å²) in [5, 5.41) is 50.8. The number of aromatic nitrogens is 13. The second-order valence-electron chi connectivity index (χ2n) is 15.4. The molecular formula is C54H50Cl5N17O3. The zero-order chi connectivity index (χ0) is 56.9. The number of benzene rings is 3. The number of fused-ring (bicyclic) bond motifs is 4. The van der Waals surface area contributed by atoms with Crippen molar-refractivity contribution in [2.75, 3.05) is 0 Å². The van der Waals surface area contributed by atoms with Crippen molar-refractivity contribution in [1.29, 1.82) is 0 Å². The second-order valence-corrected chi connectivity index (χ2v) is 17.3. The van der Waals surface area contributed by atoms with Gasteiger partial charge in [-0.3, -0.25) is 36.2 Å². The van der Waals surface area contributed by atoms with E-state index in [1.54, 1.807) is 77.7 Å². The second kappa shape index (κ2) is 33.6. The summed E-state index contributed by atoms with van der Waals surface area (Å²) in [5.74, 6) is 7.88. The van der Waals surface area contributed by atoms with Crippen LogP contribution in [0, 0.1) is 12.8 Å². The van der Waals surface area contributed by atoms with Crippen molar-refractivity contribution >= 4 is 108 Å². The lowest BCUT2D eigenvalue weighted by atomic mass is 10.1. The van der Waals surface area contributed by atoms with Gasteiger partial charge in [-0.1, -0.05) is 102 Å². The standard InChI is InChI=1S/C16H13ClN4O.C15H10ClN5.C11H9NO2.C5H6ClN3.C4H2Cl2N2.C2H2.CH4.H4N2/c17-15-6-4-13(20-21-15)10-19-16(22)9-11-3-5-14-12(8-11)2-1-7-18-14;16-13-5-6-14-18-19-15(21(14)20-13)9-10-3-4-12-11(8-10)2-1-7-17-12;13-11(14)7-8-3-4-10-9(6-8)2-1-5-12-10;6-5-2-1-4(3-7)8-9-5;5-3-1-2-4(6)8-7-3;1-2;;1-2/h1-8H,9-10H2,(H,19,22);1-8H,9H2;1-6H,7H2,(H,13,14);1-2H,3,7H2;1-2H;1-2H;1H4;1-2H2/i;;;;;1D;;. The van der Waals surface area contributed by atoms with Crippen LogP contribution in [0.5, 0.6) is 0 Å². The topological polar surface area (TPSA) is 304 Å². The lowest BCUT2D eigenvalue weighted by Gasteiger charge is -2.05. The third-order valence-corrected chi connectivity index (χ3v) is 11.0. The number of carboxylic acids is 1. The molecule has 1 amide bonds. The molecule has 0 unspecified atom stereocenters. The molecule has 11 aromatic rings. The smallest absolute Gasteiger partial charge is 0.307 e. The number of amides is 1. The van der Waals surface area contributed by atoms with Crippen LogP contribution in [0.15, 0.2) is 158 Å². The third-order valence-electron chi connectivity index (χ3n) is 10.0. The number of carbonyl (C=O) groups is 2. The van der Waals surface area contributed by atoms with E-state index in [0.29, 0.717) is 63.0 Å². The maximum absolute atomic E-state index is 12.0. The quantitative estimate of drug-likeness (QED) is 0.0510. The van der Waals surface area contributed by atoms with Gasteiger partial charge in [0, 0.05) is 47.7 Å². The third kappa shape index (κ3) is 21.1. The van der Waals surface area contributed by atoms with Crippen LogP contribution in [-0.4, -0.2) is 82.3 Å². The Bertz CT molecular complexity index is 3710. The first-order valence-corrected chi connectivity index (χ1v) is 24.6. The maximum atomic E-state index is 12.0. The van der Waals surface area contributed by atoms with Crippen molar-refractivity contribution in [3.05, 3.63) is 218 Å². The molecule has 8 aromatic heterocycles. The van der Waals surface area contributed by atoms with Crippen LogP contribution >= 0.6 is 58.0 Å². The predicted molar refractivity (Wildman–Crippen MR) is 310 cm³/mol. The van der Waals surface area contributed by atoms with E-state index in [-0.39, 0.29) is 19.8 Å². The minimum atomic E-state index is -0.812. The van der Waals surface area contributed by atoms with Crippen LogP contribution < -0.4 is 22.7 Å². The molecule has 11 rings (SSSR count). The number of rotatable bonds is 9. The van der Waals surface area contributed by atoms with E-state index in [4.69, 9.17) is 70.2 Å². The Balaban J connectivity index is 0.000000220. The number of hydrogen-bond acceptors (Lipinski definition) is 17. The van der Waals surface area contributed by atoms with Crippen molar-refractivity contribution in [3.8, 4) is 12.8 Å². The van der Waals surface area contributed by atoms with Crippen molar-refractivity contribution < 1.29 is 16.1 Å². The normalized spacial score (nSPS) is 9.99. The van der Waals surface area contributed by atoms with E-state index in [2.05, 4.69) is 90.3 Å². The van der Waals surface area contributed by atoms with E-state index in [1.165, 1.54) is 6.40 Å². The van der Waals surface area contributed by atoms with Gasteiger partial charge in [0.15, 0.2) is 32.1 Å². The summed E-state index contributed by atoms with van der Waals surface area (Å²) < 4.78 is 7.41. The van der Waals surface area contributed by atoms with E-state index < -0.39 is 5.97 Å². The fourth-order valence-corrected chi connectivity index (χ4v) is 7.15. The number of pyridine rings is 3. The Morgan fingerprint density at radius 3 is 1.44 bits per heavy atom. The zero-order valence-electron chi connectivity index (χ0n) is 41.8. The molecule has 0 fully saturated rings. The number of nitrogens with two attached hydrogens (primary N) is 3. The van der Waals surface area contributed by atoms with E-state index in [0.717, 1.165) is 60.9 Å². The largest absolute Gasteiger partial charge is 0.481 e. The summed E-state index contributed by atoms with van der Waals surface area (Å²) >= 11 is 27.8. The van der Waals surface area contributed by atoms with Gasteiger partial charge in [0.25, 0.3) is 0 Å². The van der Waals surface area contributed by atoms with Crippen LogP contribution in [0.2, 0.25) is 25.8 Å². The number of halogens is 5.